The molecule has 0 amide bonds. The van der Waals surface area contributed by atoms with Gasteiger partial charge < -0.3 is 19.5 Å². The van der Waals surface area contributed by atoms with Crippen LogP contribution in [0.15, 0.2) is 12.1 Å². The highest BCUT2D eigenvalue weighted by Gasteiger charge is 2.27. The first-order valence-corrected chi connectivity index (χ1v) is 10.9. The molecule has 4 rings (SSSR count). The summed E-state index contributed by atoms with van der Waals surface area (Å²) in [5, 5.41) is 4.90. The summed E-state index contributed by atoms with van der Waals surface area (Å²) in [7, 11) is 3.25. The first kappa shape index (κ1) is 19.0. The van der Waals surface area contributed by atoms with E-state index in [4.69, 9.17) is 14.2 Å². The lowest BCUT2D eigenvalue weighted by atomic mass is 9.95. The third kappa shape index (κ3) is 3.42. The van der Waals surface area contributed by atoms with E-state index < -0.39 is 0 Å². The van der Waals surface area contributed by atoms with E-state index in [2.05, 4.69) is 10.3 Å². The molecule has 0 fully saturated rings. The number of thiophene rings is 1. The molecule has 1 N–H and O–H groups in total. The van der Waals surface area contributed by atoms with Crippen LogP contribution < -0.4 is 14.8 Å². The maximum absolute atomic E-state index is 12.6. The van der Waals surface area contributed by atoms with Gasteiger partial charge in [0, 0.05) is 10.9 Å². The number of ether oxygens (including phenoxy) is 3. The predicted octanol–water partition coefficient (Wildman–Crippen LogP) is 5.17. The van der Waals surface area contributed by atoms with Crippen LogP contribution in [0.4, 0.5) is 10.1 Å². The fraction of sp³-hybridized carbons (Fsp3) is 0.400. The molecular weight excluding hydrogens is 396 g/mol. The molecule has 1 aliphatic carbocycles. The number of carbonyl (C=O) groups excluding carboxylic acids is 1. The molecule has 0 radical (unpaired) electrons. The predicted molar refractivity (Wildman–Crippen MR) is 113 cm³/mol. The van der Waals surface area contributed by atoms with Crippen molar-refractivity contribution in [3.05, 3.63) is 28.1 Å². The molecule has 1 aliphatic rings. The molecule has 6 nitrogen and oxygen atoms in total. The zero-order chi connectivity index (χ0) is 19.7. The summed E-state index contributed by atoms with van der Waals surface area (Å²) in [5.41, 5.74) is 2.58. The molecule has 8 heteroatoms. The summed E-state index contributed by atoms with van der Waals surface area (Å²) in [6.45, 7) is 2.19. The number of aryl methyl sites for hydroxylation is 1. The quantitative estimate of drug-likeness (QED) is 0.557. The Bertz CT molecular complexity index is 1030. The van der Waals surface area contributed by atoms with Crippen molar-refractivity contribution in [3.63, 3.8) is 0 Å². The summed E-state index contributed by atoms with van der Waals surface area (Å²) in [5.74, 6) is 1.12. The maximum atomic E-state index is 12.6. The van der Waals surface area contributed by atoms with E-state index in [0.717, 1.165) is 52.2 Å². The summed E-state index contributed by atoms with van der Waals surface area (Å²) in [6.07, 6.45) is 4.20. The third-order valence-electron chi connectivity index (χ3n) is 4.76. The number of rotatable bonds is 6. The molecule has 2 aromatic heterocycles. The molecule has 3 aromatic rings. The number of benzene rings is 1. The van der Waals surface area contributed by atoms with E-state index in [9.17, 15) is 4.79 Å². The van der Waals surface area contributed by atoms with E-state index in [0.29, 0.717) is 23.1 Å². The summed E-state index contributed by atoms with van der Waals surface area (Å²) in [6, 6.07) is 3.76. The van der Waals surface area contributed by atoms with Crippen LogP contribution in [0.1, 0.15) is 40.6 Å². The van der Waals surface area contributed by atoms with Crippen LogP contribution in [0.5, 0.6) is 11.5 Å². The van der Waals surface area contributed by atoms with Crippen molar-refractivity contribution in [2.45, 2.75) is 32.6 Å². The summed E-state index contributed by atoms with van der Waals surface area (Å²) >= 11 is 3.14. The van der Waals surface area contributed by atoms with Crippen LogP contribution >= 0.6 is 22.7 Å². The van der Waals surface area contributed by atoms with Crippen molar-refractivity contribution in [1.82, 2.24) is 4.98 Å². The van der Waals surface area contributed by atoms with Gasteiger partial charge in [0.15, 0.2) is 5.13 Å². The van der Waals surface area contributed by atoms with Crippen molar-refractivity contribution >= 4 is 49.0 Å². The van der Waals surface area contributed by atoms with Crippen LogP contribution in [0.3, 0.4) is 0 Å². The Labute approximate surface area is 171 Å². The molecule has 0 aliphatic heterocycles. The van der Waals surface area contributed by atoms with Gasteiger partial charge in [-0.05, 0) is 44.2 Å². The van der Waals surface area contributed by atoms with Gasteiger partial charge in [0.25, 0.3) is 0 Å². The minimum Gasteiger partial charge on any atom is -0.497 e. The second-order valence-electron chi connectivity index (χ2n) is 6.46. The van der Waals surface area contributed by atoms with Crippen molar-refractivity contribution in [2.75, 3.05) is 26.1 Å². The smallest absolute Gasteiger partial charge is 0.341 e. The number of nitrogens with one attached hydrogen (secondary N) is 1. The van der Waals surface area contributed by atoms with Gasteiger partial charge in [-0.25, -0.2) is 9.78 Å². The van der Waals surface area contributed by atoms with E-state index in [1.54, 1.807) is 25.6 Å². The van der Waals surface area contributed by atoms with Crippen LogP contribution in [0.25, 0.3) is 10.2 Å². The molecule has 0 saturated carbocycles. The lowest BCUT2D eigenvalue weighted by Gasteiger charge is -2.12. The van der Waals surface area contributed by atoms with Gasteiger partial charge in [0.1, 0.15) is 22.0 Å². The Morgan fingerprint density at radius 2 is 2.00 bits per heavy atom. The first-order chi connectivity index (χ1) is 13.6. The molecule has 28 heavy (non-hydrogen) atoms. The highest BCUT2D eigenvalue weighted by atomic mass is 32.1. The van der Waals surface area contributed by atoms with Gasteiger partial charge in [0.2, 0.25) is 0 Å². The van der Waals surface area contributed by atoms with Gasteiger partial charge in [-0.1, -0.05) is 11.3 Å². The number of fused-ring (bicyclic) bond motifs is 2. The molecule has 0 saturated heterocycles. The van der Waals surface area contributed by atoms with E-state index in [-0.39, 0.29) is 5.97 Å². The number of carbonyl (C=O) groups is 1. The van der Waals surface area contributed by atoms with Gasteiger partial charge in [-0.15, -0.1) is 11.3 Å². The Hall–Kier alpha value is -2.32. The Kier molecular flexibility index (Phi) is 5.41. The topological polar surface area (TPSA) is 69.7 Å². The zero-order valence-electron chi connectivity index (χ0n) is 16.1. The molecule has 1 aromatic carbocycles. The second kappa shape index (κ2) is 7.97. The molecule has 0 bridgehead atoms. The Balaban J connectivity index is 1.74. The average Bonchev–Trinajstić information content (AvgIpc) is 3.27. The van der Waals surface area contributed by atoms with Crippen LogP contribution in [-0.2, 0) is 17.6 Å². The molecule has 2 heterocycles. The Morgan fingerprint density at radius 1 is 1.18 bits per heavy atom. The second-order valence-corrected chi connectivity index (χ2v) is 8.59. The molecule has 0 unspecified atom stereocenters. The number of hydrogen-bond acceptors (Lipinski definition) is 8. The number of nitrogens with zero attached hydrogens (tertiary/aromatic N) is 1. The number of thiazole rings is 1. The van der Waals surface area contributed by atoms with Gasteiger partial charge in [-0.3, -0.25) is 0 Å². The normalized spacial score (nSPS) is 13.2. The van der Waals surface area contributed by atoms with E-state index in [1.807, 2.05) is 19.1 Å². The highest BCUT2D eigenvalue weighted by molar-refractivity contribution is 7.23. The first-order valence-electron chi connectivity index (χ1n) is 9.25. The van der Waals surface area contributed by atoms with Gasteiger partial charge in [0.05, 0.1) is 31.1 Å². The Morgan fingerprint density at radius 3 is 2.75 bits per heavy atom. The number of methoxy groups -OCH3 is 2. The minimum absolute atomic E-state index is 0.259. The van der Waals surface area contributed by atoms with Crippen LogP contribution in [0.2, 0.25) is 0 Å². The van der Waals surface area contributed by atoms with Crippen molar-refractivity contribution in [2.24, 2.45) is 0 Å². The average molecular weight is 419 g/mol. The van der Waals surface area contributed by atoms with Gasteiger partial charge in [-0.2, -0.15) is 0 Å². The largest absolute Gasteiger partial charge is 0.497 e. The lowest BCUT2D eigenvalue weighted by molar-refractivity contribution is 0.0526. The molecule has 0 spiro atoms. The van der Waals surface area contributed by atoms with Crippen molar-refractivity contribution in [1.29, 1.82) is 0 Å². The lowest BCUT2D eigenvalue weighted by Crippen LogP contribution is -2.10. The van der Waals surface area contributed by atoms with Crippen LogP contribution in [0, 0.1) is 0 Å². The fourth-order valence-corrected chi connectivity index (χ4v) is 5.73. The van der Waals surface area contributed by atoms with E-state index in [1.165, 1.54) is 16.2 Å². The molecular formula is C20H22N2O4S2. The zero-order valence-corrected chi connectivity index (χ0v) is 17.7. The number of aromatic nitrogens is 1. The SMILES string of the molecule is CCOC(=O)c1c(Nc2nc3c(OC)cc(OC)cc3s2)sc2c1CCCC2. The monoisotopic (exact) mass is 418 g/mol. The third-order valence-corrected chi connectivity index (χ3v) is 6.89. The van der Waals surface area contributed by atoms with Gasteiger partial charge >= 0.3 is 5.97 Å². The van der Waals surface area contributed by atoms with Crippen LogP contribution in [-0.4, -0.2) is 31.8 Å². The number of anilines is 2. The molecule has 148 valence electrons. The van der Waals surface area contributed by atoms with Crippen molar-refractivity contribution < 1.29 is 19.0 Å². The van der Waals surface area contributed by atoms with E-state index >= 15 is 0 Å². The number of esters is 1. The maximum Gasteiger partial charge on any atom is 0.341 e. The minimum atomic E-state index is -0.259. The molecule has 0 atom stereocenters. The fourth-order valence-electron chi connectivity index (χ4n) is 3.47. The number of hydrogen-bond donors (Lipinski definition) is 1. The summed E-state index contributed by atoms with van der Waals surface area (Å²) in [4.78, 5) is 18.6. The summed E-state index contributed by atoms with van der Waals surface area (Å²) < 4.78 is 17.1. The highest BCUT2D eigenvalue weighted by Crippen LogP contribution is 2.42. The van der Waals surface area contributed by atoms with Crippen molar-refractivity contribution in [3.8, 4) is 11.5 Å². The standard InChI is InChI=1S/C20H22N2O4S2/c1-4-26-19(23)16-12-7-5-6-8-14(12)27-18(16)22-20-21-17-13(25-3)9-11(24-2)10-15(17)28-20/h9-10H,4-8H2,1-3H3,(H,21,22).